The number of aromatic nitrogens is 1. The van der Waals surface area contributed by atoms with Crippen LogP contribution >= 0.6 is 0 Å². The summed E-state index contributed by atoms with van der Waals surface area (Å²) in [6, 6.07) is 3.55. The minimum Gasteiger partial charge on any atom is -0.336 e. The SMILES string of the molecule is CC(=O)N1CCN(Cc2cccnc2)[C@@H]2CS(=O)(=O)C[C@@H]21. The van der Waals surface area contributed by atoms with Gasteiger partial charge < -0.3 is 4.90 Å². The molecule has 1 aromatic heterocycles. The molecule has 2 aliphatic heterocycles. The lowest BCUT2D eigenvalue weighted by Gasteiger charge is -2.43. The Morgan fingerprint density at radius 2 is 2.10 bits per heavy atom. The number of hydrogen-bond donors (Lipinski definition) is 0. The maximum Gasteiger partial charge on any atom is 0.219 e. The van der Waals surface area contributed by atoms with E-state index in [-0.39, 0.29) is 29.5 Å². The highest BCUT2D eigenvalue weighted by atomic mass is 32.2. The number of hydrogen-bond acceptors (Lipinski definition) is 5. The summed E-state index contributed by atoms with van der Waals surface area (Å²) in [5, 5.41) is 0. The monoisotopic (exact) mass is 309 g/mol. The highest BCUT2D eigenvalue weighted by Gasteiger charge is 2.47. The van der Waals surface area contributed by atoms with Gasteiger partial charge in [-0.1, -0.05) is 6.07 Å². The molecule has 2 fully saturated rings. The number of sulfone groups is 1. The van der Waals surface area contributed by atoms with Gasteiger partial charge in [0.25, 0.3) is 0 Å². The third-order valence-corrected chi connectivity index (χ3v) is 6.00. The summed E-state index contributed by atoms with van der Waals surface area (Å²) in [7, 11) is -3.07. The lowest BCUT2D eigenvalue weighted by molar-refractivity contribution is -0.134. The van der Waals surface area contributed by atoms with E-state index in [9.17, 15) is 13.2 Å². The first-order valence-electron chi connectivity index (χ1n) is 7.07. The van der Waals surface area contributed by atoms with Gasteiger partial charge in [-0.3, -0.25) is 14.7 Å². The first kappa shape index (κ1) is 14.5. The van der Waals surface area contributed by atoms with Crippen LogP contribution in [-0.2, 0) is 21.2 Å². The zero-order valence-electron chi connectivity index (χ0n) is 12.0. The predicted molar refractivity (Wildman–Crippen MR) is 78.3 cm³/mol. The Bertz CT molecular complexity index is 632. The fraction of sp³-hybridized carbons (Fsp3) is 0.571. The van der Waals surface area contributed by atoms with Crippen molar-refractivity contribution in [2.24, 2.45) is 0 Å². The normalized spacial score (nSPS) is 28.3. The average molecular weight is 309 g/mol. The predicted octanol–water partition coefficient (Wildman–Crippen LogP) is -0.0887. The summed E-state index contributed by atoms with van der Waals surface area (Å²) < 4.78 is 24.0. The molecular formula is C14H19N3O3S. The number of carbonyl (C=O) groups excluding carboxylic acids is 1. The van der Waals surface area contributed by atoms with Crippen molar-refractivity contribution in [3.8, 4) is 0 Å². The van der Waals surface area contributed by atoms with Gasteiger partial charge in [0.05, 0.1) is 17.5 Å². The van der Waals surface area contributed by atoms with Gasteiger partial charge in [0.15, 0.2) is 9.84 Å². The van der Waals surface area contributed by atoms with Crippen LogP contribution in [0.3, 0.4) is 0 Å². The van der Waals surface area contributed by atoms with Gasteiger partial charge in [-0.25, -0.2) is 8.42 Å². The molecule has 7 heteroatoms. The van der Waals surface area contributed by atoms with Crippen LogP contribution in [0.15, 0.2) is 24.5 Å². The summed E-state index contributed by atoms with van der Waals surface area (Å²) in [6.07, 6.45) is 3.52. The van der Waals surface area contributed by atoms with E-state index in [1.807, 2.05) is 12.1 Å². The van der Waals surface area contributed by atoms with Crippen LogP contribution in [0.4, 0.5) is 0 Å². The van der Waals surface area contributed by atoms with Crippen molar-refractivity contribution in [1.82, 2.24) is 14.8 Å². The number of nitrogens with zero attached hydrogens (tertiary/aromatic N) is 3. The Balaban J connectivity index is 1.83. The maximum absolute atomic E-state index is 12.0. The molecule has 6 nitrogen and oxygen atoms in total. The quantitative estimate of drug-likeness (QED) is 0.764. The molecule has 0 bridgehead atoms. The molecule has 0 spiro atoms. The molecular weight excluding hydrogens is 290 g/mol. The summed E-state index contributed by atoms with van der Waals surface area (Å²) in [6.45, 7) is 3.48. The Kier molecular flexibility index (Phi) is 3.71. The van der Waals surface area contributed by atoms with Crippen molar-refractivity contribution in [3.05, 3.63) is 30.1 Å². The van der Waals surface area contributed by atoms with E-state index in [1.165, 1.54) is 6.92 Å². The minimum atomic E-state index is -3.07. The lowest BCUT2D eigenvalue weighted by Crippen LogP contribution is -2.59. The van der Waals surface area contributed by atoms with Crippen LogP contribution < -0.4 is 0 Å². The first-order valence-corrected chi connectivity index (χ1v) is 8.89. The van der Waals surface area contributed by atoms with Crippen LogP contribution in [0.25, 0.3) is 0 Å². The van der Waals surface area contributed by atoms with Crippen molar-refractivity contribution >= 4 is 15.7 Å². The third kappa shape index (κ3) is 2.94. The Morgan fingerprint density at radius 3 is 2.76 bits per heavy atom. The number of pyridine rings is 1. The molecule has 2 aliphatic rings. The molecule has 0 unspecified atom stereocenters. The first-order chi connectivity index (χ1) is 9.96. The minimum absolute atomic E-state index is 0.0388. The number of amides is 1. The molecule has 0 N–H and O–H groups in total. The molecule has 114 valence electrons. The Hall–Kier alpha value is -1.47. The molecule has 2 atom stereocenters. The zero-order chi connectivity index (χ0) is 15.0. The van der Waals surface area contributed by atoms with E-state index in [4.69, 9.17) is 0 Å². The van der Waals surface area contributed by atoms with Crippen LogP contribution in [0, 0.1) is 0 Å². The van der Waals surface area contributed by atoms with Gasteiger partial charge in [0, 0.05) is 45.0 Å². The van der Waals surface area contributed by atoms with Crippen molar-refractivity contribution in [2.45, 2.75) is 25.6 Å². The highest BCUT2D eigenvalue weighted by molar-refractivity contribution is 7.91. The second-order valence-electron chi connectivity index (χ2n) is 5.76. The number of piperazine rings is 1. The molecule has 21 heavy (non-hydrogen) atoms. The van der Waals surface area contributed by atoms with Gasteiger partial charge >= 0.3 is 0 Å². The largest absolute Gasteiger partial charge is 0.336 e. The Labute approximate surface area is 124 Å². The number of fused-ring (bicyclic) bond motifs is 1. The molecule has 2 saturated heterocycles. The summed E-state index contributed by atoms with van der Waals surface area (Å²) in [4.78, 5) is 19.7. The molecule has 0 saturated carbocycles. The fourth-order valence-electron chi connectivity index (χ4n) is 3.34. The smallest absolute Gasteiger partial charge is 0.219 e. The maximum atomic E-state index is 12.0. The van der Waals surface area contributed by atoms with Crippen LogP contribution in [0.1, 0.15) is 12.5 Å². The van der Waals surface area contributed by atoms with Crippen molar-refractivity contribution in [2.75, 3.05) is 24.6 Å². The number of carbonyl (C=O) groups is 1. The van der Waals surface area contributed by atoms with E-state index < -0.39 is 9.84 Å². The van der Waals surface area contributed by atoms with Crippen LogP contribution in [0.2, 0.25) is 0 Å². The van der Waals surface area contributed by atoms with E-state index in [0.717, 1.165) is 5.56 Å². The molecule has 0 radical (unpaired) electrons. The van der Waals surface area contributed by atoms with Gasteiger partial charge in [0.2, 0.25) is 5.91 Å². The molecule has 0 aliphatic carbocycles. The lowest BCUT2D eigenvalue weighted by atomic mass is 10.0. The summed E-state index contributed by atoms with van der Waals surface area (Å²) in [5.41, 5.74) is 1.07. The van der Waals surface area contributed by atoms with Gasteiger partial charge in [0.1, 0.15) is 0 Å². The molecule has 1 aromatic rings. The van der Waals surface area contributed by atoms with E-state index in [2.05, 4.69) is 9.88 Å². The standard InChI is InChI=1S/C14H19N3O3S/c1-11(18)17-6-5-16(8-12-3-2-4-15-7-12)13-9-21(19,20)10-14(13)17/h2-4,7,13-14H,5-6,8-10H2,1H3/t13-,14+/m1/s1. The van der Waals surface area contributed by atoms with E-state index >= 15 is 0 Å². The Morgan fingerprint density at radius 1 is 1.33 bits per heavy atom. The molecule has 3 rings (SSSR count). The van der Waals surface area contributed by atoms with Crippen LogP contribution in [-0.4, -0.2) is 65.8 Å². The second-order valence-corrected chi connectivity index (χ2v) is 7.91. The van der Waals surface area contributed by atoms with Gasteiger partial charge in [-0.05, 0) is 11.6 Å². The van der Waals surface area contributed by atoms with Crippen molar-refractivity contribution in [1.29, 1.82) is 0 Å². The summed E-state index contributed by atoms with van der Waals surface area (Å²) >= 11 is 0. The van der Waals surface area contributed by atoms with Crippen molar-refractivity contribution in [3.63, 3.8) is 0 Å². The molecule has 3 heterocycles. The van der Waals surface area contributed by atoms with Gasteiger partial charge in [-0.15, -0.1) is 0 Å². The average Bonchev–Trinajstić information content (AvgIpc) is 2.75. The third-order valence-electron chi connectivity index (χ3n) is 4.30. The molecule has 0 aromatic carbocycles. The summed E-state index contributed by atoms with van der Waals surface area (Å²) in [5.74, 6) is 0.186. The zero-order valence-corrected chi connectivity index (χ0v) is 12.8. The fourth-order valence-corrected chi connectivity index (χ4v) is 5.35. The second kappa shape index (κ2) is 5.38. The molecule has 1 amide bonds. The topological polar surface area (TPSA) is 70.6 Å². The van der Waals surface area contributed by atoms with E-state index in [1.54, 1.807) is 17.3 Å². The van der Waals surface area contributed by atoms with E-state index in [0.29, 0.717) is 19.6 Å². The van der Waals surface area contributed by atoms with Gasteiger partial charge in [-0.2, -0.15) is 0 Å². The van der Waals surface area contributed by atoms with Crippen LogP contribution in [0.5, 0.6) is 0 Å². The highest BCUT2D eigenvalue weighted by Crippen LogP contribution is 2.28. The number of rotatable bonds is 2. The van der Waals surface area contributed by atoms with Crippen molar-refractivity contribution < 1.29 is 13.2 Å².